The first-order valence-corrected chi connectivity index (χ1v) is 10.6. The Morgan fingerprint density at radius 1 is 1.29 bits per heavy atom. The standard InChI is InChI=1S/C20H28FN7O3/c1-12(2)31-20(30)26-9-8-17(16(21)11-26)27(15-5-6-15)19(29)14-4-7-18(22-10-14)28-13(3)23-24-25-28/h4,7,10,12,15-17,24-25H,5-6,8-9,11H2,1-3H3/t16-,17+/m0/s1. The number of hydrogen-bond acceptors (Lipinski definition) is 8. The average Bonchev–Trinajstić information content (AvgIpc) is 3.48. The van der Waals surface area contributed by atoms with Crippen molar-refractivity contribution in [2.24, 2.45) is 5.10 Å². The van der Waals surface area contributed by atoms with Crippen LogP contribution in [0.5, 0.6) is 0 Å². The number of carbonyl (C=O) groups excluding carboxylic acids is 2. The number of carbonyl (C=O) groups is 2. The van der Waals surface area contributed by atoms with Gasteiger partial charge in [0, 0.05) is 18.8 Å². The molecule has 1 saturated carbocycles. The number of amidine groups is 1. The third kappa shape index (κ3) is 4.55. The minimum Gasteiger partial charge on any atom is -0.447 e. The zero-order chi connectivity index (χ0) is 22.1. The molecule has 1 aromatic rings. The van der Waals surface area contributed by atoms with E-state index in [0.717, 1.165) is 12.8 Å². The second-order valence-electron chi connectivity index (χ2n) is 8.32. The number of nitrogens with zero attached hydrogens (tertiary/aromatic N) is 5. The van der Waals surface area contributed by atoms with Crippen molar-refractivity contribution in [3.8, 4) is 0 Å². The Bertz CT molecular complexity index is 859. The maximum absolute atomic E-state index is 15.1. The van der Waals surface area contributed by atoms with E-state index in [2.05, 4.69) is 21.2 Å². The summed E-state index contributed by atoms with van der Waals surface area (Å²) in [4.78, 5) is 32.8. The molecule has 31 heavy (non-hydrogen) atoms. The molecule has 1 aliphatic carbocycles. The first-order chi connectivity index (χ1) is 14.8. The fourth-order valence-corrected chi connectivity index (χ4v) is 3.89. The lowest BCUT2D eigenvalue weighted by atomic mass is 10.00. The van der Waals surface area contributed by atoms with Crippen LogP contribution in [-0.4, -0.2) is 70.1 Å². The third-order valence-electron chi connectivity index (χ3n) is 5.56. The van der Waals surface area contributed by atoms with Crippen LogP contribution in [0.3, 0.4) is 0 Å². The number of anilines is 1. The number of rotatable bonds is 5. The van der Waals surface area contributed by atoms with E-state index in [1.165, 1.54) is 11.1 Å². The molecule has 2 fully saturated rings. The Morgan fingerprint density at radius 2 is 2.06 bits per heavy atom. The molecule has 2 amide bonds. The maximum Gasteiger partial charge on any atom is 0.410 e. The van der Waals surface area contributed by atoms with Crippen LogP contribution in [0.15, 0.2) is 23.4 Å². The molecular weight excluding hydrogens is 405 g/mol. The summed E-state index contributed by atoms with van der Waals surface area (Å²) >= 11 is 0. The Labute approximate surface area is 180 Å². The Kier molecular flexibility index (Phi) is 5.94. The molecule has 2 atom stereocenters. The Hall–Kier alpha value is -2.95. The van der Waals surface area contributed by atoms with E-state index >= 15 is 4.39 Å². The highest BCUT2D eigenvalue weighted by Gasteiger charge is 2.44. The lowest BCUT2D eigenvalue weighted by Gasteiger charge is -2.40. The summed E-state index contributed by atoms with van der Waals surface area (Å²) in [6.45, 7) is 5.61. The summed E-state index contributed by atoms with van der Waals surface area (Å²) in [5, 5.41) is 5.65. The normalized spacial score (nSPS) is 23.5. The zero-order valence-electron chi connectivity index (χ0n) is 17.9. The van der Waals surface area contributed by atoms with Gasteiger partial charge in [-0.15, -0.1) is 10.6 Å². The molecule has 0 bridgehead atoms. The number of pyridine rings is 1. The second kappa shape index (κ2) is 8.66. The average molecular weight is 433 g/mol. The van der Waals surface area contributed by atoms with Gasteiger partial charge in [-0.2, -0.15) is 0 Å². The molecular formula is C20H28FN7O3. The number of hydrazine groups is 2. The highest BCUT2D eigenvalue weighted by atomic mass is 19.1. The van der Waals surface area contributed by atoms with Crippen molar-refractivity contribution >= 4 is 23.7 Å². The molecule has 0 unspecified atom stereocenters. The van der Waals surface area contributed by atoms with Crippen molar-refractivity contribution in [2.75, 3.05) is 18.1 Å². The number of likely N-dealkylation sites (tertiary alicyclic amines) is 1. The largest absolute Gasteiger partial charge is 0.447 e. The lowest BCUT2D eigenvalue weighted by molar-refractivity contribution is 0.0153. The van der Waals surface area contributed by atoms with E-state index in [1.807, 2.05) is 6.92 Å². The van der Waals surface area contributed by atoms with Crippen LogP contribution in [0.2, 0.25) is 0 Å². The van der Waals surface area contributed by atoms with E-state index < -0.39 is 18.3 Å². The van der Waals surface area contributed by atoms with Crippen LogP contribution in [0.1, 0.15) is 50.4 Å². The van der Waals surface area contributed by atoms with Crippen LogP contribution < -0.4 is 16.1 Å². The van der Waals surface area contributed by atoms with Crippen LogP contribution in [0.4, 0.5) is 15.0 Å². The highest BCUT2D eigenvalue weighted by molar-refractivity contribution is 5.97. The number of hydrazone groups is 1. The molecule has 2 N–H and O–H groups in total. The molecule has 0 spiro atoms. The Morgan fingerprint density at radius 3 is 2.61 bits per heavy atom. The van der Waals surface area contributed by atoms with Crippen molar-refractivity contribution in [1.29, 1.82) is 0 Å². The number of nitrogens with one attached hydrogen (secondary N) is 2. The topological polar surface area (TPSA) is 102 Å². The Balaban J connectivity index is 1.45. The molecule has 11 heteroatoms. The number of aromatic nitrogens is 1. The first-order valence-electron chi connectivity index (χ1n) is 10.6. The molecule has 2 aliphatic heterocycles. The number of hydrogen-bond donors (Lipinski definition) is 2. The van der Waals surface area contributed by atoms with Crippen molar-refractivity contribution in [3.63, 3.8) is 0 Å². The summed E-state index contributed by atoms with van der Waals surface area (Å²) < 4.78 is 20.3. The van der Waals surface area contributed by atoms with Gasteiger partial charge in [-0.1, -0.05) is 0 Å². The summed E-state index contributed by atoms with van der Waals surface area (Å²) in [6, 6.07) is 2.87. The molecule has 168 valence electrons. The molecule has 3 heterocycles. The van der Waals surface area contributed by atoms with Crippen molar-refractivity contribution < 1.29 is 18.7 Å². The van der Waals surface area contributed by atoms with E-state index in [0.29, 0.717) is 30.2 Å². The number of ether oxygens (including phenoxy) is 1. The highest BCUT2D eigenvalue weighted by Crippen LogP contribution is 2.34. The van der Waals surface area contributed by atoms with E-state index in [4.69, 9.17) is 4.74 Å². The van der Waals surface area contributed by atoms with E-state index in [-0.39, 0.29) is 24.6 Å². The predicted molar refractivity (Wildman–Crippen MR) is 112 cm³/mol. The quantitative estimate of drug-likeness (QED) is 0.730. The van der Waals surface area contributed by atoms with Gasteiger partial charge >= 0.3 is 6.09 Å². The van der Waals surface area contributed by atoms with Crippen LogP contribution >= 0.6 is 0 Å². The molecule has 4 rings (SSSR count). The van der Waals surface area contributed by atoms with Crippen LogP contribution in [-0.2, 0) is 4.74 Å². The number of alkyl halides is 1. The van der Waals surface area contributed by atoms with Gasteiger partial charge in [-0.25, -0.2) is 24.7 Å². The minimum absolute atomic E-state index is 0.0309. The second-order valence-corrected chi connectivity index (χ2v) is 8.32. The van der Waals surface area contributed by atoms with Gasteiger partial charge < -0.3 is 14.5 Å². The smallest absolute Gasteiger partial charge is 0.410 e. The first kappa shape index (κ1) is 21.3. The summed E-state index contributed by atoms with van der Waals surface area (Å²) in [7, 11) is 0. The molecule has 0 radical (unpaired) electrons. The molecule has 1 saturated heterocycles. The molecule has 0 aromatic carbocycles. The maximum atomic E-state index is 15.1. The van der Waals surface area contributed by atoms with Gasteiger partial charge in [-0.3, -0.25) is 4.79 Å². The van der Waals surface area contributed by atoms with Crippen molar-refractivity contribution in [3.05, 3.63) is 23.9 Å². The van der Waals surface area contributed by atoms with Crippen LogP contribution in [0.25, 0.3) is 0 Å². The molecule has 1 aromatic heterocycles. The van der Waals surface area contributed by atoms with Gasteiger partial charge in [0.15, 0.2) is 0 Å². The predicted octanol–water partition coefficient (Wildman–Crippen LogP) is 1.81. The third-order valence-corrected chi connectivity index (χ3v) is 5.56. The number of halogens is 1. The van der Waals surface area contributed by atoms with E-state index in [1.54, 1.807) is 35.9 Å². The summed E-state index contributed by atoms with van der Waals surface area (Å²) in [5.41, 5.74) is 5.88. The fourth-order valence-electron chi connectivity index (χ4n) is 3.89. The van der Waals surface area contributed by atoms with Crippen molar-refractivity contribution in [2.45, 2.75) is 64.4 Å². The van der Waals surface area contributed by atoms with Gasteiger partial charge in [0.25, 0.3) is 5.91 Å². The summed E-state index contributed by atoms with van der Waals surface area (Å²) in [6.07, 6.45) is 1.50. The van der Waals surface area contributed by atoms with E-state index in [9.17, 15) is 9.59 Å². The monoisotopic (exact) mass is 433 g/mol. The summed E-state index contributed by atoms with van der Waals surface area (Å²) in [5.74, 6) is 1.04. The van der Waals surface area contributed by atoms with Crippen LogP contribution in [0, 0.1) is 0 Å². The minimum atomic E-state index is -1.33. The number of piperidine rings is 1. The van der Waals surface area contributed by atoms with Gasteiger partial charge in [0.2, 0.25) is 0 Å². The number of amides is 2. The SMILES string of the molecule is CC1=NNNN1c1ccc(C(=O)N(C2CC2)[C@@H]2CCN(C(=O)OC(C)C)C[C@@H]2F)cn1. The lowest BCUT2D eigenvalue weighted by Crippen LogP contribution is -2.56. The zero-order valence-corrected chi connectivity index (χ0v) is 17.9. The molecule has 10 nitrogen and oxygen atoms in total. The fraction of sp³-hybridized carbons (Fsp3) is 0.600. The van der Waals surface area contributed by atoms with Gasteiger partial charge in [-0.05, 0) is 52.2 Å². The molecule has 3 aliphatic rings. The van der Waals surface area contributed by atoms with Crippen molar-refractivity contribution in [1.82, 2.24) is 25.9 Å². The van der Waals surface area contributed by atoms with Gasteiger partial charge in [0.05, 0.1) is 24.3 Å². The van der Waals surface area contributed by atoms with Gasteiger partial charge in [0.1, 0.15) is 17.8 Å².